The first-order chi connectivity index (χ1) is 12.9. The molecular weight excluding hydrogens is 405 g/mol. The van der Waals surface area contributed by atoms with Crippen LogP contribution in [0.5, 0.6) is 0 Å². The number of rotatable bonds is 6. The highest BCUT2D eigenvalue weighted by atomic mass is 32.2. The van der Waals surface area contributed by atoms with Gasteiger partial charge in [0, 0.05) is 16.5 Å². The molecular formula is C20H25F3N2OS2. The second-order valence-corrected chi connectivity index (χ2v) is 8.47. The van der Waals surface area contributed by atoms with Gasteiger partial charge in [-0.25, -0.2) is 4.98 Å². The summed E-state index contributed by atoms with van der Waals surface area (Å²) in [5.74, 6) is -0.539. The number of halogens is 3. The lowest BCUT2D eigenvalue weighted by atomic mass is 9.86. The minimum Gasteiger partial charge on any atom is -0.301 e. The number of thioether (sulfide) groups is 1. The number of carbonyl (C=O) groups excluding carboxylic acids is 1. The van der Waals surface area contributed by atoms with Gasteiger partial charge in [-0.15, -0.1) is 23.1 Å². The molecule has 154 valence electrons. The van der Waals surface area contributed by atoms with Crippen LogP contribution in [0, 0.1) is 5.92 Å². The van der Waals surface area contributed by atoms with Crippen LogP contribution < -0.4 is 5.32 Å². The van der Waals surface area contributed by atoms with Gasteiger partial charge in [0.05, 0.1) is 11.5 Å². The monoisotopic (exact) mass is 430 g/mol. The number of nitrogens with one attached hydrogen (secondary N) is 1. The van der Waals surface area contributed by atoms with Crippen LogP contribution in [0.4, 0.5) is 18.3 Å². The summed E-state index contributed by atoms with van der Waals surface area (Å²) in [5, 5.41) is 4.98. The maximum atomic E-state index is 13.5. The van der Waals surface area contributed by atoms with Crippen molar-refractivity contribution in [3.63, 3.8) is 0 Å². The number of hydrogen-bond donors (Lipinski definition) is 1. The second kappa shape index (κ2) is 9.78. The zero-order valence-corrected chi connectivity index (χ0v) is 16.5. The summed E-state index contributed by atoms with van der Waals surface area (Å²) in [4.78, 5) is 17.1. The van der Waals surface area contributed by atoms with E-state index in [1.54, 1.807) is 23.9 Å². The standard InChI is InChI=1S/C19H21F3N2OS2.CH4/c1-26-16-7-6-13(11-15(16)19(20,21)22)14(10-12-4-2-3-5-12)17(25)24-18-23-8-9-27-18;/h6-9,11-12,14H,2-5,10H2,1H3,(H,23,24,25);1H4. The van der Waals surface area contributed by atoms with Crippen molar-refractivity contribution in [3.8, 4) is 0 Å². The van der Waals surface area contributed by atoms with E-state index < -0.39 is 17.7 Å². The SMILES string of the molecule is C.CSc1ccc(C(CC2CCCC2)C(=O)Nc2nccs2)cc1C(F)(F)F. The minimum atomic E-state index is -4.45. The van der Waals surface area contributed by atoms with Crippen molar-refractivity contribution < 1.29 is 18.0 Å². The molecule has 0 bridgehead atoms. The molecule has 1 N–H and O–H groups in total. The summed E-state index contributed by atoms with van der Waals surface area (Å²) in [7, 11) is 0. The van der Waals surface area contributed by atoms with E-state index in [9.17, 15) is 18.0 Å². The highest BCUT2D eigenvalue weighted by Gasteiger charge is 2.35. The van der Waals surface area contributed by atoms with Gasteiger partial charge in [-0.1, -0.05) is 39.2 Å². The third-order valence-corrected chi connectivity index (χ3v) is 6.44. The zero-order chi connectivity index (χ0) is 19.4. The fraction of sp³-hybridized carbons (Fsp3) is 0.500. The van der Waals surface area contributed by atoms with E-state index in [1.807, 2.05) is 0 Å². The first-order valence-corrected chi connectivity index (χ1v) is 10.9. The predicted molar refractivity (Wildman–Crippen MR) is 110 cm³/mol. The Labute approximate surface area is 172 Å². The maximum absolute atomic E-state index is 13.5. The van der Waals surface area contributed by atoms with Gasteiger partial charge < -0.3 is 5.32 Å². The highest BCUT2D eigenvalue weighted by Crippen LogP contribution is 2.40. The predicted octanol–water partition coefficient (Wildman–Crippen LogP) is 6.82. The molecule has 1 saturated carbocycles. The molecule has 2 aromatic rings. The molecule has 3 rings (SSSR count). The molecule has 1 aliphatic carbocycles. The van der Waals surface area contributed by atoms with Gasteiger partial charge in [0.15, 0.2) is 5.13 Å². The van der Waals surface area contributed by atoms with Gasteiger partial charge >= 0.3 is 6.18 Å². The molecule has 0 saturated heterocycles. The molecule has 1 aromatic heterocycles. The van der Waals surface area contributed by atoms with Crippen molar-refractivity contribution in [2.45, 2.75) is 56.5 Å². The maximum Gasteiger partial charge on any atom is 0.417 e. The summed E-state index contributed by atoms with van der Waals surface area (Å²) in [6, 6.07) is 4.27. The van der Waals surface area contributed by atoms with Crippen molar-refractivity contribution >= 4 is 34.1 Å². The number of thiazole rings is 1. The first-order valence-electron chi connectivity index (χ1n) is 8.84. The van der Waals surface area contributed by atoms with E-state index >= 15 is 0 Å². The number of aromatic nitrogens is 1. The molecule has 1 heterocycles. The Morgan fingerprint density at radius 1 is 1.36 bits per heavy atom. The number of amides is 1. The largest absolute Gasteiger partial charge is 0.417 e. The summed E-state index contributed by atoms with van der Waals surface area (Å²) >= 11 is 2.35. The van der Waals surface area contributed by atoms with Crippen molar-refractivity contribution in [3.05, 3.63) is 40.9 Å². The van der Waals surface area contributed by atoms with Crippen LogP contribution in [-0.2, 0) is 11.0 Å². The van der Waals surface area contributed by atoms with Gasteiger partial charge in [-0.05, 0) is 36.3 Å². The van der Waals surface area contributed by atoms with Crippen LogP contribution in [0.25, 0.3) is 0 Å². The van der Waals surface area contributed by atoms with Crippen LogP contribution in [0.15, 0.2) is 34.7 Å². The van der Waals surface area contributed by atoms with Crippen LogP contribution in [0.1, 0.15) is 56.6 Å². The lowest BCUT2D eigenvalue weighted by Gasteiger charge is -2.22. The zero-order valence-electron chi connectivity index (χ0n) is 14.9. The molecule has 0 aliphatic heterocycles. The van der Waals surface area contributed by atoms with Crippen molar-refractivity contribution in [1.29, 1.82) is 0 Å². The number of hydrogen-bond acceptors (Lipinski definition) is 4. The minimum absolute atomic E-state index is 0. The molecule has 1 unspecified atom stereocenters. The third kappa shape index (κ3) is 5.50. The molecule has 28 heavy (non-hydrogen) atoms. The highest BCUT2D eigenvalue weighted by molar-refractivity contribution is 7.98. The smallest absolute Gasteiger partial charge is 0.301 e. The van der Waals surface area contributed by atoms with Gasteiger partial charge in [-0.2, -0.15) is 13.2 Å². The average molecular weight is 431 g/mol. The third-order valence-electron chi connectivity index (χ3n) is 4.95. The van der Waals surface area contributed by atoms with Crippen LogP contribution in [-0.4, -0.2) is 17.1 Å². The van der Waals surface area contributed by atoms with Crippen LogP contribution >= 0.6 is 23.1 Å². The van der Waals surface area contributed by atoms with E-state index in [2.05, 4.69) is 10.3 Å². The molecule has 0 radical (unpaired) electrons. The fourth-order valence-corrected chi connectivity index (χ4v) is 4.75. The van der Waals surface area contributed by atoms with Gasteiger partial charge in [0.1, 0.15) is 0 Å². The van der Waals surface area contributed by atoms with E-state index in [0.717, 1.165) is 43.5 Å². The lowest BCUT2D eigenvalue weighted by Crippen LogP contribution is -2.23. The van der Waals surface area contributed by atoms with Gasteiger partial charge in [0.25, 0.3) is 0 Å². The quantitative estimate of drug-likeness (QED) is 0.511. The summed E-state index contributed by atoms with van der Waals surface area (Å²) < 4.78 is 40.4. The Balaban J connectivity index is 0.00000280. The normalized spacial score (nSPS) is 15.9. The van der Waals surface area contributed by atoms with E-state index in [0.29, 0.717) is 23.0 Å². The second-order valence-electron chi connectivity index (χ2n) is 6.72. The van der Waals surface area contributed by atoms with Crippen molar-refractivity contribution in [2.24, 2.45) is 5.92 Å². The molecule has 1 aliphatic rings. The van der Waals surface area contributed by atoms with Crippen LogP contribution in [0.2, 0.25) is 0 Å². The number of benzene rings is 1. The van der Waals surface area contributed by atoms with E-state index in [1.165, 1.54) is 17.4 Å². The molecule has 1 fully saturated rings. The number of alkyl halides is 3. The summed E-state index contributed by atoms with van der Waals surface area (Å²) in [6.45, 7) is 0. The average Bonchev–Trinajstić information content (AvgIpc) is 3.32. The number of carbonyl (C=O) groups is 1. The molecule has 1 amide bonds. The number of nitrogens with zero attached hydrogens (tertiary/aromatic N) is 1. The Hall–Kier alpha value is -1.54. The summed E-state index contributed by atoms with van der Waals surface area (Å²) in [5.41, 5.74) is -0.257. The topological polar surface area (TPSA) is 42.0 Å². The Bertz CT molecular complexity index is 772. The Morgan fingerprint density at radius 3 is 2.64 bits per heavy atom. The van der Waals surface area contributed by atoms with Crippen molar-refractivity contribution in [2.75, 3.05) is 11.6 Å². The van der Waals surface area contributed by atoms with Gasteiger partial charge in [0.2, 0.25) is 5.91 Å². The molecule has 3 nitrogen and oxygen atoms in total. The number of anilines is 1. The van der Waals surface area contributed by atoms with Gasteiger partial charge in [-0.3, -0.25) is 4.79 Å². The van der Waals surface area contributed by atoms with E-state index in [4.69, 9.17) is 0 Å². The fourth-order valence-electron chi connectivity index (χ4n) is 3.62. The molecule has 0 spiro atoms. The van der Waals surface area contributed by atoms with E-state index in [-0.39, 0.29) is 18.2 Å². The molecule has 1 aromatic carbocycles. The Kier molecular flexibility index (Phi) is 7.95. The molecule has 8 heteroatoms. The lowest BCUT2D eigenvalue weighted by molar-refractivity contribution is -0.139. The Morgan fingerprint density at radius 2 is 2.07 bits per heavy atom. The molecule has 1 atom stereocenters. The first kappa shape index (κ1) is 22.7. The van der Waals surface area contributed by atoms with Crippen LogP contribution in [0.3, 0.4) is 0 Å². The summed E-state index contributed by atoms with van der Waals surface area (Å²) in [6.07, 6.45) is 3.60. The van der Waals surface area contributed by atoms with Crippen molar-refractivity contribution in [1.82, 2.24) is 4.98 Å².